The molecule has 0 radical (unpaired) electrons. The summed E-state index contributed by atoms with van der Waals surface area (Å²) in [6, 6.07) is 14.2. The fourth-order valence-corrected chi connectivity index (χ4v) is 3.66. The van der Waals surface area contributed by atoms with E-state index in [1.54, 1.807) is 0 Å². The maximum atomic E-state index is 6.25. The molecule has 2 aromatic carbocycles. The van der Waals surface area contributed by atoms with Crippen LogP contribution in [-0.2, 0) is 13.5 Å². The van der Waals surface area contributed by atoms with Crippen molar-refractivity contribution >= 4 is 33.5 Å². The van der Waals surface area contributed by atoms with Crippen LogP contribution in [0.1, 0.15) is 18.4 Å². The summed E-state index contributed by atoms with van der Waals surface area (Å²) in [6.45, 7) is 0.713. The Morgan fingerprint density at radius 2 is 2.00 bits per heavy atom. The zero-order chi connectivity index (χ0) is 17.4. The number of aromatic nitrogens is 3. The van der Waals surface area contributed by atoms with Gasteiger partial charge >= 0.3 is 0 Å². The summed E-state index contributed by atoms with van der Waals surface area (Å²) in [5.41, 5.74) is 11.3. The zero-order valence-corrected chi connectivity index (χ0v) is 15.0. The fraction of sp³-hybridized carbons (Fsp3) is 0.250. The predicted molar refractivity (Wildman–Crippen MR) is 105 cm³/mol. The maximum Gasteiger partial charge on any atom is 0.157 e. The topological polar surface area (TPSA) is 59.6 Å². The van der Waals surface area contributed by atoms with E-state index in [-0.39, 0.29) is 0 Å². The lowest BCUT2D eigenvalue weighted by Gasteiger charge is -2.05. The van der Waals surface area contributed by atoms with Crippen LogP contribution in [0.4, 0.5) is 0 Å². The van der Waals surface area contributed by atoms with Crippen LogP contribution in [0, 0.1) is 0 Å². The number of para-hydroxylation sites is 2. The molecule has 0 unspecified atom stereocenters. The molecule has 2 heterocycles. The number of rotatable bonds is 5. The van der Waals surface area contributed by atoms with Gasteiger partial charge in [-0.3, -0.25) is 0 Å². The summed E-state index contributed by atoms with van der Waals surface area (Å²) in [4.78, 5) is 8.43. The molecule has 0 saturated heterocycles. The number of hydrogen-bond donors (Lipinski definition) is 2. The summed E-state index contributed by atoms with van der Waals surface area (Å²) in [5, 5.41) is 1.93. The van der Waals surface area contributed by atoms with Crippen LogP contribution in [0.5, 0.6) is 0 Å². The van der Waals surface area contributed by atoms with Gasteiger partial charge in [0.1, 0.15) is 0 Å². The first-order chi connectivity index (χ1) is 12.2. The molecule has 0 saturated carbocycles. The summed E-state index contributed by atoms with van der Waals surface area (Å²) < 4.78 is 2.15. The van der Waals surface area contributed by atoms with Crippen LogP contribution in [-0.4, -0.2) is 21.1 Å². The highest BCUT2D eigenvalue weighted by molar-refractivity contribution is 6.31. The summed E-state index contributed by atoms with van der Waals surface area (Å²) in [7, 11) is 2.06. The molecule has 0 aliphatic carbocycles. The quantitative estimate of drug-likeness (QED) is 0.513. The number of aromatic amines is 1. The van der Waals surface area contributed by atoms with E-state index in [0.29, 0.717) is 6.54 Å². The van der Waals surface area contributed by atoms with E-state index in [0.717, 1.165) is 52.4 Å². The van der Waals surface area contributed by atoms with Crippen molar-refractivity contribution in [2.75, 3.05) is 6.54 Å². The second-order valence-corrected chi connectivity index (χ2v) is 6.83. The molecule has 4 nitrogen and oxygen atoms in total. The largest absolute Gasteiger partial charge is 0.352 e. The molecule has 3 N–H and O–H groups in total. The van der Waals surface area contributed by atoms with Crippen LogP contribution in [0.25, 0.3) is 33.5 Å². The molecule has 25 heavy (non-hydrogen) atoms. The van der Waals surface area contributed by atoms with Crippen molar-refractivity contribution in [3.63, 3.8) is 0 Å². The first kappa shape index (κ1) is 16.2. The molecule has 0 atom stereocenters. The average Bonchev–Trinajstić information content (AvgIpc) is 3.13. The highest BCUT2D eigenvalue weighted by atomic mass is 35.5. The number of nitrogens with zero attached hydrogens (tertiary/aromatic N) is 2. The van der Waals surface area contributed by atoms with Crippen LogP contribution in [0.2, 0.25) is 5.02 Å². The van der Waals surface area contributed by atoms with Crippen molar-refractivity contribution < 1.29 is 0 Å². The molecule has 0 fully saturated rings. The van der Waals surface area contributed by atoms with Gasteiger partial charge < -0.3 is 15.3 Å². The Balaban J connectivity index is 1.92. The highest BCUT2D eigenvalue weighted by Gasteiger charge is 2.18. The smallest absolute Gasteiger partial charge is 0.157 e. The Labute approximate surface area is 151 Å². The van der Waals surface area contributed by atoms with E-state index in [9.17, 15) is 0 Å². The van der Waals surface area contributed by atoms with Crippen molar-refractivity contribution in [3.8, 4) is 11.5 Å². The maximum absolute atomic E-state index is 6.25. The third-order valence-electron chi connectivity index (χ3n) is 4.76. The Hall–Kier alpha value is -2.30. The van der Waals surface area contributed by atoms with Gasteiger partial charge in [0, 0.05) is 23.0 Å². The first-order valence-corrected chi connectivity index (χ1v) is 8.99. The van der Waals surface area contributed by atoms with Gasteiger partial charge in [-0.1, -0.05) is 23.7 Å². The van der Waals surface area contributed by atoms with E-state index in [2.05, 4.69) is 22.7 Å². The van der Waals surface area contributed by atoms with Crippen molar-refractivity contribution in [2.24, 2.45) is 12.8 Å². The molecule has 0 aliphatic heterocycles. The molecule has 128 valence electrons. The molecule has 0 amide bonds. The van der Waals surface area contributed by atoms with E-state index < -0.39 is 0 Å². The second-order valence-electron chi connectivity index (χ2n) is 6.40. The normalized spacial score (nSPS) is 11.6. The van der Waals surface area contributed by atoms with Crippen LogP contribution < -0.4 is 5.73 Å². The summed E-state index contributed by atoms with van der Waals surface area (Å²) >= 11 is 6.25. The molecule has 0 bridgehead atoms. The molecule has 4 rings (SSSR count). The van der Waals surface area contributed by atoms with Gasteiger partial charge in [-0.15, -0.1) is 0 Å². The highest BCUT2D eigenvalue weighted by Crippen LogP contribution is 2.33. The predicted octanol–water partition coefficient (Wildman–Crippen LogP) is 4.66. The van der Waals surface area contributed by atoms with Crippen molar-refractivity contribution in [1.29, 1.82) is 0 Å². The van der Waals surface area contributed by atoms with E-state index in [1.807, 2.05) is 36.4 Å². The number of imidazole rings is 1. The Morgan fingerprint density at radius 3 is 2.80 bits per heavy atom. The van der Waals surface area contributed by atoms with Crippen LogP contribution in [0.15, 0.2) is 42.5 Å². The molecular formula is C20H21ClN4. The number of H-pyrrole nitrogens is 1. The van der Waals surface area contributed by atoms with Crippen molar-refractivity contribution in [2.45, 2.75) is 19.3 Å². The lowest BCUT2D eigenvalue weighted by molar-refractivity contribution is 0.747. The Morgan fingerprint density at radius 1 is 1.16 bits per heavy atom. The minimum absolute atomic E-state index is 0.713. The fourth-order valence-electron chi connectivity index (χ4n) is 3.49. The number of benzene rings is 2. The van der Waals surface area contributed by atoms with E-state index >= 15 is 0 Å². The molecule has 2 aromatic heterocycles. The summed E-state index contributed by atoms with van der Waals surface area (Å²) in [6.07, 6.45) is 3.01. The number of nitrogens with two attached hydrogens (primary N) is 1. The first-order valence-electron chi connectivity index (χ1n) is 8.61. The number of nitrogens with one attached hydrogen (secondary N) is 1. The van der Waals surface area contributed by atoms with E-state index in [4.69, 9.17) is 22.3 Å². The number of halogens is 1. The second kappa shape index (κ2) is 6.54. The molecule has 4 aromatic rings. The molecule has 0 aliphatic rings. The van der Waals surface area contributed by atoms with Gasteiger partial charge in [-0.25, -0.2) is 4.98 Å². The third kappa shape index (κ3) is 2.81. The zero-order valence-electron chi connectivity index (χ0n) is 14.2. The van der Waals surface area contributed by atoms with Gasteiger partial charge in [0.2, 0.25) is 0 Å². The van der Waals surface area contributed by atoms with Crippen molar-refractivity contribution in [1.82, 2.24) is 14.5 Å². The average molecular weight is 353 g/mol. The van der Waals surface area contributed by atoms with Gasteiger partial charge in [0.25, 0.3) is 0 Å². The molecule has 0 spiro atoms. The minimum Gasteiger partial charge on any atom is -0.352 e. The monoisotopic (exact) mass is 352 g/mol. The number of hydrogen-bond acceptors (Lipinski definition) is 2. The van der Waals surface area contributed by atoms with Crippen molar-refractivity contribution in [3.05, 3.63) is 53.1 Å². The third-order valence-corrected chi connectivity index (χ3v) is 4.99. The molecule has 5 heteroatoms. The number of unbranched alkanes of at least 4 members (excludes halogenated alkanes) is 1. The van der Waals surface area contributed by atoms with Gasteiger partial charge in [0.05, 0.1) is 16.7 Å². The Bertz CT molecular complexity index is 1040. The number of fused-ring (bicyclic) bond motifs is 2. The minimum atomic E-state index is 0.713. The van der Waals surface area contributed by atoms with Gasteiger partial charge in [0.15, 0.2) is 5.82 Å². The Kier molecular flexibility index (Phi) is 4.24. The lowest BCUT2D eigenvalue weighted by atomic mass is 10.0. The molecular weight excluding hydrogens is 332 g/mol. The van der Waals surface area contributed by atoms with Gasteiger partial charge in [-0.05, 0) is 61.7 Å². The van der Waals surface area contributed by atoms with Crippen LogP contribution in [0.3, 0.4) is 0 Å². The standard InChI is InChI=1S/C20H21ClN4/c1-25-18-8-3-2-7-17(18)24-20(25)19-14(6-4-5-11-22)15-12-13(21)9-10-16(15)23-19/h2-3,7-10,12,23H,4-6,11,22H2,1H3. The summed E-state index contributed by atoms with van der Waals surface area (Å²) in [5.74, 6) is 0.955. The SMILES string of the molecule is Cn1c(-c2[nH]c3ccc(Cl)cc3c2CCCCN)nc2ccccc21. The lowest BCUT2D eigenvalue weighted by Crippen LogP contribution is -2.00. The number of aryl methyl sites for hydroxylation is 2. The van der Waals surface area contributed by atoms with Crippen LogP contribution >= 0.6 is 11.6 Å². The van der Waals surface area contributed by atoms with Gasteiger partial charge in [-0.2, -0.15) is 0 Å². The van der Waals surface area contributed by atoms with E-state index in [1.165, 1.54) is 10.9 Å².